The van der Waals surface area contributed by atoms with Crippen LogP contribution in [-0.2, 0) is 9.53 Å². The molecule has 19 heavy (non-hydrogen) atoms. The van der Waals surface area contributed by atoms with Crippen molar-refractivity contribution < 1.29 is 23.1 Å². The molecule has 1 N–H and O–H groups in total. The molecule has 0 aliphatic rings. The molecule has 1 rings (SSSR count). The van der Waals surface area contributed by atoms with Crippen LogP contribution in [-0.4, -0.2) is 28.3 Å². The number of alkyl halides is 2. The summed E-state index contributed by atoms with van der Waals surface area (Å²) < 4.78 is 29.9. The summed E-state index contributed by atoms with van der Waals surface area (Å²) in [4.78, 5) is 22.8. The molecule has 0 spiro atoms. The summed E-state index contributed by atoms with van der Waals surface area (Å²) in [5.74, 6) is -1.40. The SMILES string of the molecule is CCOC(=O)/C=C(\C)NC(=O)c1ccnn1C(F)F. The molecule has 0 fully saturated rings. The Kier molecular flexibility index (Phi) is 5.16. The highest BCUT2D eigenvalue weighted by Crippen LogP contribution is 2.12. The molecule has 0 aliphatic heterocycles. The Morgan fingerprint density at radius 3 is 2.84 bits per heavy atom. The second kappa shape index (κ2) is 6.62. The van der Waals surface area contributed by atoms with Crippen molar-refractivity contribution in [2.75, 3.05) is 6.61 Å². The highest BCUT2D eigenvalue weighted by atomic mass is 19.3. The van der Waals surface area contributed by atoms with E-state index in [-0.39, 0.29) is 22.7 Å². The zero-order valence-corrected chi connectivity index (χ0v) is 10.4. The number of carbonyl (C=O) groups is 2. The highest BCUT2D eigenvalue weighted by molar-refractivity contribution is 5.94. The maximum absolute atomic E-state index is 12.5. The third-order valence-electron chi connectivity index (χ3n) is 2.02. The quantitative estimate of drug-likeness (QED) is 0.651. The third-order valence-corrected chi connectivity index (χ3v) is 2.02. The van der Waals surface area contributed by atoms with Crippen LogP contribution in [0, 0.1) is 0 Å². The van der Waals surface area contributed by atoms with E-state index in [1.807, 2.05) is 0 Å². The monoisotopic (exact) mass is 273 g/mol. The fourth-order valence-electron chi connectivity index (χ4n) is 1.29. The van der Waals surface area contributed by atoms with Crippen molar-refractivity contribution in [1.82, 2.24) is 15.1 Å². The van der Waals surface area contributed by atoms with Crippen molar-refractivity contribution in [1.29, 1.82) is 0 Å². The van der Waals surface area contributed by atoms with E-state index in [1.54, 1.807) is 6.92 Å². The standard InChI is InChI=1S/C11H13F2N3O3/c1-3-19-9(17)6-7(2)15-10(18)8-4-5-14-16(8)11(12)13/h4-6,11H,3H2,1-2H3,(H,15,18)/b7-6+. The van der Waals surface area contributed by atoms with E-state index in [0.29, 0.717) is 0 Å². The molecule has 0 bridgehead atoms. The van der Waals surface area contributed by atoms with Crippen molar-refractivity contribution in [3.05, 3.63) is 29.7 Å². The molecule has 1 amide bonds. The first-order chi connectivity index (χ1) is 8.95. The summed E-state index contributed by atoms with van der Waals surface area (Å²) in [6.07, 6.45) is 2.15. The Bertz CT molecular complexity index is 497. The smallest absolute Gasteiger partial charge is 0.333 e. The van der Waals surface area contributed by atoms with Gasteiger partial charge in [-0.1, -0.05) is 0 Å². The lowest BCUT2D eigenvalue weighted by Gasteiger charge is -2.07. The van der Waals surface area contributed by atoms with Gasteiger partial charge in [0.05, 0.1) is 6.61 Å². The van der Waals surface area contributed by atoms with Crippen LogP contribution in [0.2, 0.25) is 0 Å². The molecule has 6 nitrogen and oxygen atoms in total. The van der Waals surface area contributed by atoms with Gasteiger partial charge in [0, 0.05) is 18.0 Å². The Morgan fingerprint density at radius 2 is 2.26 bits per heavy atom. The molecule has 1 heterocycles. The summed E-state index contributed by atoms with van der Waals surface area (Å²) in [5.41, 5.74) is -0.114. The summed E-state index contributed by atoms with van der Waals surface area (Å²) in [6.45, 7) is 0.373. The number of rotatable bonds is 5. The van der Waals surface area contributed by atoms with Crippen LogP contribution in [0.5, 0.6) is 0 Å². The second-order valence-corrected chi connectivity index (χ2v) is 3.47. The molecule has 104 valence electrons. The first-order valence-corrected chi connectivity index (χ1v) is 5.43. The zero-order chi connectivity index (χ0) is 14.4. The Labute approximate surface area is 108 Å². The van der Waals surface area contributed by atoms with Crippen molar-refractivity contribution in [2.45, 2.75) is 20.4 Å². The molecular formula is C11H13F2N3O3. The van der Waals surface area contributed by atoms with Crippen LogP contribution in [0.15, 0.2) is 24.0 Å². The van der Waals surface area contributed by atoms with Gasteiger partial charge in [0.25, 0.3) is 5.91 Å². The summed E-state index contributed by atoms with van der Waals surface area (Å²) in [7, 11) is 0. The van der Waals surface area contributed by atoms with E-state index in [1.165, 1.54) is 6.92 Å². The van der Waals surface area contributed by atoms with Gasteiger partial charge >= 0.3 is 12.5 Å². The van der Waals surface area contributed by atoms with E-state index >= 15 is 0 Å². The first kappa shape index (κ1) is 14.8. The number of amides is 1. The Morgan fingerprint density at radius 1 is 1.58 bits per heavy atom. The topological polar surface area (TPSA) is 73.2 Å². The largest absolute Gasteiger partial charge is 0.463 e. The highest BCUT2D eigenvalue weighted by Gasteiger charge is 2.17. The minimum Gasteiger partial charge on any atom is -0.463 e. The number of halogens is 2. The van der Waals surface area contributed by atoms with Gasteiger partial charge in [0.15, 0.2) is 0 Å². The average molecular weight is 273 g/mol. The van der Waals surface area contributed by atoms with Crippen LogP contribution >= 0.6 is 0 Å². The number of aromatic nitrogens is 2. The first-order valence-electron chi connectivity index (χ1n) is 5.43. The lowest BCUT2D eigenvalue weighted by molar-refractivity contribution is -0.137. The predicted octanol–water partition coefficient (Wildman–Crippen LogP) is 1.47. The average Bonchev–Trinajstić information content (AvgIpc) is 2.77. The number of hydrogen-bond acceptors (Lipinski definition) is 4. The third kappa shape index (κ3) is 4.16. The summed E-state index contributed by atoms with van der Waals surface area (Å²) >= 11 is 0. The van der Waals surface area contributed by atoms with E-state index in [0.717, 1.165) is 18.3 Å². The van der Waals surface area contributed by atoms with Crippen molar-refractivity contribution >= 4 is 11.9 Å². The maximum atomic E-state index is 12.5. The van der Waals surface area contributed by atoms with Gasteiger partial charge in [-0.05, 0) is 19.9 Å². The van der Waals surface area contributed by atoms with Crippen LogP contribution < -0.4 is 5.32 Å². The molecule has 0 aliphatic carbocycles. The molecule has 0 aromatic carbocycles. The van der Waals surface area contributed by atoms with Gasteiger partial charge < -0.3 is 10.1 Å². The van der Waals surface area contributed by atoms with Crippen molar-refractivity contribution in [2.24, 2.45) is 0 Å². The number of nitrogens with one attached hydrogen (secondary N) is 1. The predicted molar refractivity (Wildman–Crippen MR) is 61.3 cm³/mol. The molecule has 0 saturated carbocycles. The summed E-state index contributed by atoms with van der Waals surface area (Å²) in [5, 5.41) is 5.62. The number of hydrogen-bond donors (Lipinski definition) is 1. The van der Waals surface area contributed by atoms with E-state index in [9.17, 15) is 18.4 Å². The van der Waals surface area contributed by atoms with Gasteiger partial charge in [-0.3, -0.25) is 4.79 Å². The van der Waals surface area contributed by atoms with Crippen LogP contribution in [0.4, 0.5) is 8.78 Å². The Balaban J connectivity index is 2.74. The number of allylic oxidation sites excluding steroid dienone is 1. The fourth-order valence-corrected chi connectivity index (χ4v) is 1.29. The van der Waals surface area contributed by atoms with E-state index in [4.69, 9.17) is 0 Å². The lowest BCUT2D eigenvalue weighted by atomic mass is 10.3. The van der Waals surface area contributed by atoms with Crippen LogP contribution in [0.25, 0.3) is 0 Å². The minimum absolute atomic E-state index is 0.186. The molecule has 8 heteroatoms. The fraction of sp³-hybridized carbons (Fsp3) is 0.364. The van der Waals surface area contributed by atoms with Gasteiger partial charge in [0.1, 0.15) is 5.69 Å². The number of ether oxygens (including phenoxy) is 1. The van der Waals surface area contributed by atoms with Crippen LogP contribution in [0.1, 0.15) is 30.9 Å². The Hall–Kier alpha value is -2.25. The normalized spacial score (nSPS) is 11.5. The van der Waals surface area contributed by atoms with E-state index in [2.05, 4.69) is 15.2 Å². The van der Waals surface area contributed by atoms with Gasteiger partial charge in [0.2, 0.25) is 0 Å². The maximum Gasteiger partial charge on any atom is 0.333 e. The lowest BCUT2D eigenvalue weighted by Crippen LogP contribution is -2.25. The molecular weight excluding hydrogens is 260 g/mol. The van der Waals surface area contributed by atoms with Crippen molar-refractivity contribution in [3.63, 3.8) is 0 Å². The van der Waals surface area contributed by atoms with Crippen molar-refractivity contribution in [3.8, 4) is 0 Å². The molecule has 0 radical (unpaired) electrons. The molecule has 0 saturated heterocycles. The minimum atomic E-state index is -2.91. The second-order valence-electron chi connectivity index (χ2n) is 3.47. The van der Waals surface area contributed by atoms with E-state index < -0.39 is 18.4 Å². The number of esters is 1. The number of nitrogens with zero attached hydrogens (tertiary/aromatic N) is 2. The molecule has 0 atom stereocenters. The van der Waals surface area contributed by atoms with Gasteiger partial charge in [-0.15, -0.1) is 0 Å². The molecule has 1 aromatic heterocycles. The zero-order valence-electron chi connectivity index (χ0n) is 10.4. The molecule has 0 unspecified atom stereocenters. The van der Waals surface area contributed by atoms with Gasteiger partial charge in [-0.2, -0.15) is 18.6 Å². The summed E-state index contributed by atoms with van der Waals surface area (Å²) in [6, 6.07) is 1.15. The van der Waals surface area contributed by atoms with Gasteiger partial charge in [-0.25, -0.2) is 4.79 Å². The number of carbonyl (C=O) groups excluding carboxylic acids is 2. The van der Waals surface area contributed by atoms with Crippen LogP contribution in [0.3, 0.4) is 0 Å². The molecule has 1 aromatic rings.